The maximum absolute atomic E-state index is 12.8. The Morgan fingerprint density at radius 2 is 1.93 bits per heavy atom. The van der Waals surface area contributed by atoms with Crippen molar-refractivity contribution < 1.29 is 13.9 Å². The first kappa shape index (κ1) is 19.9. The van der Waals surface area contributed by atoms with Crippen molar-refractivity contribution in [2.24, 2.45) is 0 Å². The Bertz CT molecular complexity index is 1070. The molecule has 0 atom stereocenters. The van der Waals surface area contributed by atoms with Crippen molar-refractivity contribution in [2.75, 3.05) is 13.2 Å². The van der Waals surface area contributed by atoms with Gasteiger partial charge in [-0.15, -0.1) is 0 Å². The van der Waals surface area contributed by atoms with E-state index in [-0.39, 0.29) is 11.7 Å². The largest absolute Gasteiger partial charge is 0.419 e. The molecule has 29 heavy (non-hydrogen) atoms. The number of carbonyl (C=O) groups is 1. The molecule has 7 heteroatoms. The average Bonchev–Trinajstić information content (AvgIpc) is 3.04. The maximum Gasteiger partial charge on any atom is 0.419 e. The number of hydrogen-bond acceptors (Lipinski definition) is 4. The van der Waals surface area contributed by atoms with Crippen molar-refractivity contribution >= 4 is 32.9 Å². The summed E-state index contributed by atoms with van der Waals surface area (Å²) in [7, 11) is 0. The lowest BCUT2D eigenvalue weighted by Gasteiger charge is -2.38. The van der Waals surface area contributed by atoms with Crippen LogP contribution in [0.25, 0.3) is 11.1 Å². The zero-order valence-electron chi connectivity index (χ0n) is 16.0. The molecule has 1 saturated heterocycles. The fraction of sp³-hybridized carbons (Fsp3) is 0.364. The highest BCUT2D eigenvalue weighted by atomic mass is 79.9. The van der Waals surface area contributed by atoms with Crippen LogP contribution in [0.1, 0.15) is 31.2 Å². The summed E-state index contributed by atoms with van der Waals surface area (Å²) in [6, 6.07) is 15.4. The highest BCUT2D eigenvalue weighted by molar-refractivity contribution is 9.10. The van der Waals surface area contributed by atoms with E-state index >= 15 is 0 Å². The number of aromatic nitrogens is 1. The van der Waals surface area contributed by atoms with Gasteiger partial charge in [0.15, 0.2) is 5.58 Å². The number of para-hydroxylation sites is 2. The third-order valence-electron chi connectivity index (χ3n) is 5.46. The average molecular weight is 459 g/mol. The molecular formula is C22H23BrN2O4. The Morgan fingerprint density at radius 1 is 1.14 bits per heavy atom. The van der Waals surface area contributed by atoms with Gasteiger partial charge in [-0.05, 0) is 49.1 Å². The minimum Gasteiger partial charge on any atom is -0.408 e. The second kappa shape index (κ2) is 8.55. The van der Waals surface area contributed by atoms with E-state index in [1.165, 1.54) is 0 Å². The molecule has 1 aliphatic rings. The number of nitrogens with zero attached hydrogens (tertiary/aromatic N) is 1. The predicted molar refractivity (Wildman–Crippen MR) is 114 cm³/mol. The third-order valence-corrected chi connectivity index (χ3v) is 5.95. The summed E-state index contributed by atoms with van der Waals surface area (Å²) in [5.74, 6) is -0.408. The van der Waals surface area contributed by atoms with Gasteiger partial charge in [-0.3, -0.25) is 9.36 Å². The summed E-state index contributed by atoms with van der Waals surface area (Å²) in [6.45, 7) is 1.67. The summed E-state index contributed by atoms with van der Waals surface area (Å²) in [6.07, 6.45) is 2.37. The van der Waals surface area contributed by atoms with Crippen LogP contribution in [-0.4, -0.2) is 23.7 Å². The lowest BCUT2D eigenvalue weighted by molar-refractivity contribution is -0.124. The molecule has 0 spiro atoms. The quantitative estimate of drug-likeness (QED) is 0.606. The van der Waals surface area contributed by atoms with Crippen LogP contribution in [0.3, 0.4) is 0 Å². The second-order valence-corrected chi connectivity index (χ2v) is 8.26. The zero-order chi connectivity index (χ0) is 20.3. The molecule has 2 heterocycles. The topological polar surface area (TPSA) is 73.5 Å². The Kier molecular flexibility index (Phi) is 5.87. The molecule has 0 saturated carbocycles. The number of fused-ring (bicyclic) bond motifs is 1. The first-order valence-corrected chi connectivity index (χ1v) is 10.6. The molecule has 0 aliphatic carbocycles. The first-order valence-electron chi connectivity index (χ1n) is 9.81. The molecule has 3 aromatic rings. The van der Waals surface area contributed by atoms with Gasteiger partial charge in [0, 0.05) is 30.7 Å². The molecular weight excluding hydrogens is 436 g/mol. The van der Waals surface area contributed by atoms with E-state index in [1.807, 2.05) is 36.4 Å². The fourth-order valence-corrected chi connectivity index (χ4v) is 4.34. The van der Waals surface area contributed by atoms with E-state index in [1.54, 1.807) is 10.6 Å². The zero-order valence-corrected chi connectivity index (χ0v) is 17.6. The molecule has 152 valence electrons. The van der Waals surface area contributed by atoms with Crippen molar-refractivity contribution in [2.45, 2.75) is 37.8 Å². The van der Waals surface area contributed by atoms with Gasteiger partial charge in [-0.25, -0.2) is 4.79 Å². The number of rotatable bonds is 6. The van der Waals surface area contributed by atoms with Crippen molar-refractivity contribution in [1.29, 1.82) is 0 Å². The summed E-state index contributed by atoms with van der Waals surface area (Å²) in [5, 5.41) is 3.26. The molecule has 0 unspecified atom stereocenters. The van der Waals surface area contributed by atoms with Crippen LogP contribution >= 0.6 is 15.9 Å². The molecule has 0 bridgehead atoms. The van der Waals surface area contributed by atoms with Crippen LogP contribution in [-0.2, 0) is 21.6 Å². The molecule has 1 amide bonds. The molecule has 1 fully saturated rings. The van der Waals surface area contributed by atoms with Crippen molar-refractivity contribution in [3.8, 4) is 0 Å². The number of ether oxygens (including phenoxy) is 1. The SMILES string of the molecule is O=C(CCCn1c(=O)oc2ccccc21)NC1(c2cccc(Br)c2)CCOCC1. The van der Waals surface area contributed by atoms with Gasteiger partial charge in [0.05, 0.1) is 11.1 Å². The maximum atomic E-state index is 12.8. The highest BCUT2D eigenvalue weighted by Gasteiger charge is 2.35. The van der Waals surface area contributed by atoms with Gasteiger partial charge in [-0.2, -0.15) is 0 Å². The van der Waals surface area contributed by atoms with Crippen LogP contribution in [0.5, 0.6) is 0 Å². The number of oxazole rings is 1. The number of amides is 1. The van der Waals surface area contributed by atoms with Gasteiger partial charge >= 0.3 is 5.76 Å². The van der Waals surface area contributed by atoms with Crippen LogP contribution in [0.2, 0.25) is 0 Å². The summed E-state index contributed by atoms with van der Waals surface area (Å²) in [4.78, 5) is 24.9. The molecule has 1 N–H and O–H groups in total. The Hall–Kier alpha value is -2.38. The third kappa shape index (κ3) is 4.31. The number of hydrogen-bond donors (Lipinski definition) is 1. The van der Waals surface area contributed by atoms with Crippen molar-refractivity contribution in [1.82, 2.24) is 9.88 Å². The van der Waals surface area contributed by atoms with Crippen LogP contribution in [0.15, 0.2) is 62.2 Å². The molecule has 2 aromatic carbocycles. The van der Waals surface area contributed by atoms with Gasteiger partial charge in [0.2, 0.25) is 5.91 Å². The lowest BCUT2D eigenvalue weighted by Crippen LogP contribution is -2.49. The minimum absolute atomic E-state index is 0.0206. The molecule has 4 rings (SSSR count). The van der Waals surface area contributed by atoms with Crippen molar-refractivity contribution in [3.05, 3.63) is 69.1 Å². The van der Waals surface area contributed by atoms with Gasteiger partial charge < -0.3 is 14.5 Å². The van der Waals surface area contributed by atoms with E-state index in [0.29, 0.717) is 38.2 Å². The van der Waals surface area contributed by atoms with Crippen molar-refractivity contribution in [3.63, 3.8) is 0 Å². The summed E-state index contributed by atoms with van der Waals surface area (Å²) >= 11 is 3.52. The summed E-state index contributed by atoms with van der Waals surface area (Å²) < 4.78 is 13.4. The normalized spacial score (nSPS) is 16.0. The van der Waals surface area contributed by atoms with Gasteiger partial charge in [0.25, 0.3) is 0 Å². The minimum atomic E-state index is -0.418. The van der Waals surface area contributed by atoms with E-state index in [0.717, 1.165) is 28.4 Å². The first-order chi connectivity index (χ1) is 14.1. The number of benzene rings is 2. The van der Waals surface area contributed by atoms with Crippen LogP contribution in [0, 0.1) is 0 Å². The van der Waals surface area contributed by atoms with Crippen LogP contribution < -0.4 is 11.1 Å². The molecule has 1 aliphatic heterocycles. The second-order valence-electron chi connectivity index (χ2n) is 7.34. The highest BCUT2D eigenvalue weighted by Crippen LogP contribution is 2.33. The van der Waals surface area contributed by atoms with E-state index < -0.39 is 5.54 Å². The van der Waals surface area contributed by atoms with Gasteiger partial charge in [-0.1, -0.05) is 40.2 Å². The number of aryl methyl sites for hydroxylation is 1. The Morgan fingerprint density at radius 3 is 2.72 bits per heavy atom. The monoisotopic (exact) mass is 458 g/mol. The molecule has 0 radical (unpaired) electrons. The molecule has 6 nitrogen and oxygen atoms in total. The van der Waals surface area contributed by atoms with E-state index in [2.05, 4.69) is 27.3 Å². The summed E-state index contributed by atoms with van der Waals surface area (Å²) in [5.41, 5.74) is 1.99. The predicted octanol–water partition coefficient (Wildman–Crippen LogP) is 3.96. The smallest absolute Gasteiger partial charge is 0.408 e. The van der Waals surface area contributed by atoms with E-state index in [9.17, 15) is 9.59 Å². The number of nitrogens with one attached hydrogen (secondary N) is 1. The fourth-order valence-electron chi connectivity index (χ4n) is 3.94. The standard InChI is InChI=1S/C22H23BrN2O4/c23-17-6-3-5-16(15-17)22(10-13-28-14-11-22)24-20(26)9-4-12-25-18-7-1-2-8-19(18)29-21(25)27/h1-3,5-8,15H,4,9-14H2,(H,24,26). The van der Waals surface area contributed by atoms with E-state index in [4.69, 9.17) is 9.15 Å². The van der Waals surface area contributed by atoms with Crippen LogP contribution in [0.4, 0.5) is 0 Å². The Balaban J connectivity index is 1.43. The van der Waals surface area contributed by atoms with Gasteiger partial charge in [0.1, 0.15) is 0 Å². The molecule has 1 aromatic heterocycles. The number of halogens is 1. The lowest BCUT2D eigenvalue weighted by atomic mass is 9.82. The number of carbonyl (C=O) groups excluding carboxylic acids is 1. The Labute approximate surface area is 177 Å².